The summed E-state index contributed by atoms with van der Waals surface area (Å²) in [5.41, 5.74) is 3.59. The van der Waals surface area contributed by atoms with Gasteiger partial charge in [0.05, 0.1) is 31.8 Å². The van der Waals surface area contributed by atoms with Crippen LogP contribution in [0, 0.1) is 5.82 Å². The molecule has 0 fully saturated rings. The molecule has 0 aliphatic carbocycles. The van der Waals surface area contributed by atoms with E-state index in [1.807, 2.05) is 6.07 Å². The van der Waals surface area contributed by atoms with Crippen LogP contribution in [0.25, 0.3) is 33.7 Å². The van der Waals surface area contributed by atoms with E-state index in [1.54, 1.807) is 37.7 Å². The third kappa shape index (κ3) is 2.71. The fourth-order valence-corrected chi connectivity index (χ4v) is 2.61. The number of benzene rings is 1. The zero-order valence-electron chi connectivity index (χ0n) is 14.0. The van der Waals surface area contributed by atoms with Crippen LogP contribution in [0.5, 0.6) is 11.6 Å². The van der Waals surface area contributed by atoms with Gasteiger partial charge >= 0.3 is 0 Å². The summed E-state index contributed by atoms with van der Waals surface area (Å²) in [6, 6.07) is 8.25. The van der Waals surface area contributed by atoms with Gasteiger partial charge in [-0.25, -0.2) is 19.3 Å². The molecule has 0 aliphatic rings. The summed E-state index contributed by atoms with van der Waals surface area (Å²) in [6.45, 7) is 0. The number of aromatic nitrogens is 5. The van der Waals surface area contributed by atoms with Gasteiger partial charge in [0.1, 0.15) is 5.52 Å². The Bertz CT molecular complexity index is 1080. The lowest BCUT2D eigenvalue weighted by Gasteiger charge is -2.05. The summed E-state index contributed by atoms with van der Waals surface area (Å²) in [7, 11) is 2.98. The van der Waals surface area contributed by atoms with Crippen LogP contribution < -0.4 is 9.47 Å². The number of halogens is 1. The van der Waals surface area contributed by atoms with E-state index in [9.17, 15) is 4.39 Å². The Kier molecular flexibility index (Phi) is 3.92. The predicted molar refractivity (Wildman–Crippen MR) is 93.4 cm³/mol. The van der Waals surface area contributed by atoms with Gasteiger partial charge in [-0.1, -0.05) is 0 Å². The quantitative estimate of drug-likeness (QED) is 0.607. The van der Waals surface area contributed by atoms with Crippen LogP contribution in [0.15, 0.2) is 42.7 Å². The van der Waals surface area contributed by atoms with Crippen molar-refractivity contribution in [3.8, 4) is 34.1 Å². The Hall–Kier alpha value is -3.55. The monoisotopic (exact) mass is 351 g/mol. The van der Waals surface area contributed by atoms with Crippen LogP contribution in [-0.4, -0.2) is 39.4 Å². The number of pyridine rings is 1. The first-order chi connectivity index (χ1) is 12.7. The molecule has 4 rings (SSSR count). The van der Waals surface area contributed by atoms with Gasteiger partial charge in [0.25, 0.3) is 0 Å². The van der Waals surface area contributed by atoms with E-state index < -0.39 is 5.82 Å². The number of ether oxygens (including phenoxy) is 2. The molecule has 130 valence electrons. The molecule has 7 nitrogen and oxygen atoms in total. The van der Waals surface area contributed by atoms with Gasteiger partial charge in [-0.3, -0.25) is 5.10 Å². The van der Waals surface area contributed by atoms with E-state index in [0.29, 0.717) is 34.0 Å². The molecule has 0 bridgehead atoms. The summed E-state index contributed by atoms with van der Waals surface area (Å²) < 4.78 is 24.1. The van der Waals surface area contributed by atoms with E-state index in [-0.39, 0.29) is 5.75 Å². The molecule has 0 aliphatic heterocycles. The maximum Gasteiger partial charge on any atom is 0.212 e. The van der Waals surface area contributed by atoms with Gasteiger partial charge in [0.2, 0.25) is 5.88 Å². The molecule has 0 amide bonds. The molecule has 3 heterocycles. The van der Waals surface area contributed by atoms with Crippen LogP contribution in [0.4, 0.5) is 4.39 Å². The molecular weight excluding hydrogens is 337 g/mol. The molecule has 1 N–H and O–H groups in total. The molecule has 1 aromatic carbocycles. The van der Waals surface area contributed by atoms with Crippen molar-refractivity contribution >= 4 is 11.2 Å². The third-order valence-electron chi connectivity index (χ3n) is 3.95. The van der Waals surface area contributed by atoms with Crippen molar-refractivity contribution in [2.24, 2.45) is 0 Å². The fraction of sp³-hybridized carbons (Fsp3) is 0.111. The van der Waals surface area contributed by atoms with Crippen molar-refractivity contribution in [3.05, 3.63) is 48.5 Å². The molecular formula is C18H14FN5O2. The predicted octanol–water partition coefficient (Wildman–Crippen LogP) is 3.24. The largest absolute Gasteiger partial charge is 0.494 e. The van der Waals surface area contributed by atoms with Gasteiger partial charge < -0.3 is 9.47 Å². The second-order valence-corrected chi connectivity index (χ2v) is 5.46. The lowest BCUT2D eigenvalue weighted by atomic mass is 10.1. The van der Waals surface area contributed by atoms with Crippen molar-refractivity contribution in [1.29, 1.82) is 0 Å². The van der Waals surface area contributed by atoms with Crippen molar-refractivity contribution in [3.63, 3.8) is 0 Å². The van der Waals surface area contributed by atoms with Gasteiger partial charge in [-0.15, -0.1) is 0 Å². The molecule has 26 heavy (non-hydrogen) atoms. The topological polar surface area (TPSA) is 85.8 Å². The first-order valence-corrected chi connectivity index (χ1v) is 7.75. The highest BCUT2D eigenvalue weighted by Crippen LogP contribution is 2.29. The zero-order valence-corrected chi connectivity index (χ0v) is 14.0. The molecule has 0 atom stereocenters. The Morgan fingerprint density at radius 2 is 1.81 bits per heavy atom. The normalized spacial score (nSPS) is 10.9. The van der Waals surface area contributed by atoms with Crippen LogP contribution in [0.3, 0.4) is 0 Å². The SMILES string of the molecule is COc1ccc(-c2cnc3n[nH]c(-c4ccc(OC)c(F)c4)c3n2)cn1. The summed E-state index contributed by atoms with van der Waals surface area (Å²) >= 11 is 0. The molecule has 3 aromatic heterocycles. The summed E-state index contributed by atoms with van der Waals surface area (Å²) in [5.74, 6) is 0.227. The van der Waals surface area contributed by atoms with Gasteiger partial charge in [-0.05, 0) is 24.3 Å². The molecule has 0 spiro atoms. The van der Waals surface area contributed by atoms with Crippen LogP contribution in [0.1, 0.15) is 0 Å². The highest BCUT2D eigenvalue weighted by molar-refractivity contribution is 5.88. The first-order valence-electron chi connectivity index (χ1n) is 7.75. The number of aromatic amines is 1. The summed E-state index contributed by atoms with van der Waals surface area (Å²) in [6.07, 6.45) is 3.27. The summed E-state index contributed by atoms with van der Waals surface area (Å²) in [5, 5.41) is 7.02. The molecule has 0 saturated heterocycles. The third-order valence-corrected chi connectivity index (χ3v) is 3.95. The van der Waals surface area contributed by atoms with Gasteiger partial charge in [-0.2, -0.15) is 5.10 Å². The van der Waals surface area contributed by atoms with Gasteiger partial charge in [0, 0.05) is 23.4 Å². The van der Waals surface area contributed by atoms with E-state index in [4.69, 9.17) is 9.47 Å². The van der Waals surface area contributed by atoms with Crippen molar-refractivity contribution in [2.45, 2.75) is 0 Å². The number of rotatable bonds is 4. The van der Waals surface area contributed by atoms with Crippen LogP contribution >= 0.6 is 0 Å². The molecule has 8 heteroatoms. The number of fused-ring (bicyclic) bond motifs is 1. The van der Waals surface area contributed by atoms with Crippen molar-refractivity contribution in [1.82, 2.24) is 25.1 Å². The second-order valence-electron chi connectivity index (χ2n) is 5.46. The number of nitrogens with zero attached hydrogens (tertiary/aromatic N) is 4. The maximum absolute atomic E-state index is 14.0. The average Bonchev–Trinajstić information content (AvgIpc) is 3.11. The van der Waals surface area contributed by atoms with E-state index in [0.717, 1.165) is 5.56 Å². The molecule has 0 radical (unpaired) electrons. The van der Waals surface area contributed by atoms with E-state index in [1.165, 1.54) is 13.2 Å². The van der Waals surface area contributed by atoms with E-state index >= 15 is 0 Å². The van der Waals surface area contributed by atoms with Gasteiger partial charge in [0.15, 0.2) is 17.2 Å². The molecule has 0 saturated carbocycles. The minimum absolute atomic E-state index is 0.175. The van der Waals surface area contributed by atoms with Crippen molar-refractivity contribution < 1.29 is 13.9 Å². The minimum Gasteiger partial charge on any atom is -0.494 e. The Morgan fingerprint density at radius 3 is 2.50 bits per heavy atom. The number of nitrogens with one attached hydrogen (secondary N) is 1. The zero-order chi connectivity index (χ0) is 18.1. The molecule has 0 unspecified atom stereocenters. The maximum atomic E-state index is 14.0. The van der Waals surface area contributed by atoms with Crippen molar-refractivity contribution in [2.75, 3.05) is 14.2 Å². The van der Waals surface area contributed by atoms with Crippen LogP contribution in [-0.2, 0) is 0 Å². The average molecular weight is 351 g/mol. The Labute approximate surface area is 147 Å². The van der Waals surface area contributed by atoms with Crippen LogP contribution in [0.2, 0.25) is 0 Å². The fourth-order valence-electron chi connectivity index (χ4n) is 2.61. The van der Waals surface area contributed by atoms with E-state index in [2.05, 4.69) is 25.1 Å². The smallest absolute Gasteiger partial charge is 0.212 e. The highest BCUT2D eigenvalue weighted by atomic mass is 19.1. The number of methoxy groups -OCH3 is 2. The lowest BCUT2D eigenvalue weighted by Crippen LogP contribution is -1.92. The molecule has 4 aromatic rings. The Morgan fingerprint density at radius 1 is 0.962 bits per heavy atom. The lowest BCUT2D eigenvalue weighted by molar-refractivity contribution is 0.386. The summed E-state index contributed by atoms with van der Waals surface area (Å²) in [4.78, 5) is 13.1. The number of H-pyrrole nitrogens is 1. The standard InChI is InChI=1S/C18H14FN5O2/c1-25-14-5-3-10(7-12(14)19)16-17-18(24-23-16)21-9-13(22-17)11-4-6-15(26-2)20-8-11/h3-9H,1-2H3,(H,21,23,24). The first kappa shape index (κ1) is 15.9. The second kappa shape index (κ2) is 6.40. The Balaban J connectivity index is 1.80. The number of hydrogen-bond acceptors (Lipinski definition) is 6. The minimum atomic E-state index is -0.462. The number of hydrogen-bond donors (Lipinski definition) is 1. The highest BCUT2D eigenvalue weighted by Gasteiger charge is 2.14.